The van der Waals surface area contributed by atoms with Crippen molar-refractivity contribution in [2.24, 2.45) is 5.11 Å². The first kappa shape index (κ1) is 12.8. The number of piperidine rings is 1. The molecule has 18 heavy (non-hydrogen) atoms. The highest BCUT2D eigenvalue weighted by atomic mass is 32.2. The molecule has 1 saturated heterocycles. The molecular formula is C10H13N5O2S. The lowest BCUT2D eigenvalue weighted by Crippen LogP contribution is -2.39. The third-order valence-corrected chi connectivity index (χ3v) is 4.79. The first-order chi connectivity index (χ1) is 8.64. The molecule has 1 aromatic rings. The quantitative estimate of drug-likeness (QED) is 0.471. The maximum Gasteiger partial charge on any atom is 0.244 e. The minimum atomic E-state index is -3.46. The molecule has 1 aliphatic rings. The summed E-state index contributed by atoms with van der Waals surface area (Å²) in [6.07, 6.45) is 3.99. The summed E-state index contributed by atoms with van der Waals surface area (Å²) >= 11 is 0. The average Bonchev–Trinajstić information content (AvgIpc) is 2.41. The monoisotopic (exact) mass is 267 g/mol. The highest BCUT2D eigenvalue weighted by Crippen LogP contribution is 2.21. The van der Waals surface area contributed by atoms with E-state index >= 15 is 0 Å². The van der Waals surface area contributed by atoms with E-state index in [4.69, 9.17) is 5.53 Å². The summed E-state index contributed by atoms with van der Waals surface area (Å²) in [5.74, 6) is 0. The van der Waals surface area contributed by atoms with E-state index in [2.05, 4.69) is 15.0 Å². The Morgan fingerprint density at radius 1 is 1.44 bits per heavy atom. The molecule has 96 valence electrons. The van der Waals surface area contributed by atoms with Crippen LogP contribution in [0.5, 0.6) is 0 Å². The highest BCUT2D eigenvalue weighted by molar-refractivity contribution is 7.89. The van der Waals surface area contributed by atoms with Crippen LogP contribution in [-0.2, 0) is 10.0 Å². The van der Waals surface area contributed by atoms with Gasteiger partial charge in [0.05, 0.1) is 0 Å². The molecule has 0 spiro atoms. The van der Waals surface area contributed by atoms with Crippen LogP contribution in [-0.4, -0.2) is 36.8 Å². The molecular weight excluding hydrogens is 254 g/mol. The zero-order chi connectivity index (χ0) is 13.0. The zero-order valence-electron chi connectivity index (χ0n) is 9.68. The Labute approximate surface area is 105 Å². The van der Waals surface area contributed by atoms with Gasteiger partial charge in [-0.2, -0.15) is 4.31 Å². The lowest BCUT2D eigenvalue weighted by atomic mass is 10.1. The normalized spacial score (nSPS) is 18.2. The van der Waals surface area contributed by atoms with Gasteiger partial charge in [0.2, 0.25) is 10.0 Å². The molecule has 0 amide bonds. The molecule has 2 rings (SSSR count). The Balaban J connectivity index is 2.12. The largest absolute Gasteiger partial charge is 0.263 e. The summed E-state index contributed by atoms with van der Waals surface area (Å²) in [6.45, 7) is 0.752. The van der Waals surface area contributed by atoms with Crippen LogP contribution in [0.3, 0.4) is 0 Å². The Bertz CT molecular complexity index is 545. The maximum atomic E-state index is 12.2. The molecule has 0 unspecified atom stereocenters. The number of aromatic nitrogens is 1. The molecule has 0 atom stereocenters. The third-order valence-electron chi connectivity index (χ3n) is 2.91. The van der Waals surface area contributed by atoms with Crippen LogP contribution in [0.15, 0.2) is 34.5 Å². The number of hydrogen-bond donors (Lipinski definition) is 0. The van der Waals surface area contributed by atoms with Gasteiger partial charge in [0.1, 0.15) is 4.90 Å². The molecule has 0 aliphatic carbocycles. The van der Waals surface area contributed by atoms with Crippen LogP contribution in [0.2, 0.25) is 0 Å². The van der Waals surface area contributed by atoms with Gasteiger partial charge >= 0.3 is 0 Å². The number of hydrogen-bond acceptors (Lipinski definition) is 4. The number of rotatable bonds is 3. The average molecular weight is 267 g/mol. The minimum Gasteiger partial charge on any atom is -0.263 e. The fourth-order valence-electron chi connectivity index (χ4n) is 1.92. The van der Waals surface area contributed by atoms with Gasteiger partial charge in [-0.25, -0.2) is 8.42 Å². The topological polar surface area (TPSA) is 99.0 Å². The molecule has 1 aliphatic heterocycles. The predicted molar refractivity (Wildman–Crippen MR) is 65.2 cm³/mol. The van der Waals surface area contributed by atoms with Gasteiger partial charge in [-0.3, -0.25) is 4.98 Å². The third kappa shape index (κ3) is 2.61. The van der Waals surface area contributed by atoms with Crippen molar-refractivity contribution >= 4 is 10.0 Å². The standard InChI is InChI=1S/C10H13N5O2S/c11-14-13-9-3-6-15(7-4-9)18(16,17)10-2-1-5-12-8-10/h1-2,5,8-9H,3-4,6-7H2. The molecule has 0 aromatic carbocycles. The predicted octanol–water partition coefficient (Wildman–Crippen LogP) is 1.54. The summed E-state index contributed by atoms with van der Waals surface area (Å²) < 4.78 is 25.9. The van der Waals surface area contributed by atoms with Crippen molar-refractivity contribution in [2.45, 2.75) is 23.8 Å². The number of azide groups is 1. The van der Waals surface area contributed by atoms with Crippen molar-refractivity contribution in [3.8, 4) is 0 Å². The Hall–Kier alpha value is -1.63. The Morgan fingerprint density at radius 2 is 2.17 bits per heavy atom. The molecule has 0 N–H and O–H groups in total. The van der Waals surface area contributed by atoms with E-state index in [0.717, 1.165) is 0 Å². The molecule has 0 radical (unpaired) electrons. The molecule has 1 aromatic heterocycles. The summed E-state index contributed by atoms with van der Waals surface area (Å²) in [6, 6.07) is 3.02. The fraction of sp³-hybridized carbons (Fsp3) is 0.500. The van der Waals surface area contributed by atoms with Crippen LogP contribution in [0, 0.1) is 0 Å². The smallest absolute Gasteiger partial charge is 0.244 e. The van der Waals surface area contributed by atoms with Crippen molar-refractivity contribution in [3.05, 3.63) is 35.0 Å². The van der Waals surface area contributed by atoms with Crippen molar-refractivity contribution in [1.82, 2.24) is 9.29 Å². The Morgan fingerprint density at radius 3 is 2.72 bits per heavy atom. The van der Waals surface area contributed by atoms with Crippen molar-refractivity contribution in [3.63, 3.8) is 0 Å². The molecule has 0 saturated carbocycles. The van der Waals surface area contributed by atoms with Gasteiger partial charge in [0.15, 0.2) is 0 Å². The number of nitrogens with zero attached hydrogens (tertiary/aromatic N) is 5. The molecule has 1 fully saturated rings. The van der Waals surface area contributed by atoms with Gasteiger partial charge in [0, 0.05) is 36.4 Å². The van der Waals surface area contributed by atoms with Crippen LogP contribution in [0.1, 0.15) is 12.8 Å². The maximum absolute atomic E-state index is 12.2. The second-order valence-corrected chi connectivity index (χ2v) is 5.97. The Kier molecular flexibility index (Phi) is 3.81. The molecule has 8 heteroatoms. The second-order valence-electron chi connectivity index (χ2n) is 4.03. The molecule has 2 heterocycles. The van der Waals surface area contributed by atoms with Gasteiger partial charge in [0.25, 0.3) is 0 Å². The van der Waals surface area contributed by atoms with E-state index < -0.39 is 10.0 Å². The minimum absolute atomic E-state index is 0.102. The number of pyridine rings is 1. The molecule has 0 bridgehead atoms. The SMILES string of the molecule is [N-]=[N+]=NC1CCN(S(=O)(=O)c2cccnc2)CC1. The lowest BCUT2D eigenvalue weighted by molar-refractivity contribution is 0.319. The first-order valence-electron chi connectivity index (χ1n) is 5.59. The van der Waals surface area contributed by atoms with Crippen LogP contribution in [0.25, 0.3) is 10.4 Å². The van der Waals surface area contributed by atoms with E-state index in [9.17, 15) is 8.42 Å². The summed E-state index contributed by atoms with van der Waals surface area (Å²) in [7, 11) is -3.46. The summed E-state index contributed by atoms with van der Waals surface area (Å²) in [5.41, 5.74) is 8.34. The number of sulfonamides is 1. The van der Waals surface area contributed by atoms with E-state index in [-0.39, 0.29) is 10.9 Å². The van der Waals surface area contributed by atoms with Gasteiger partial charge in [-0.05, 0) is 30.5 Å². The van der Waals surface area contributed by atoms with Crippen molar-refractivity contribution < 1.29 is 8.42 Å². The van der Waals surface area contributed by atoms with Crippen LogP contribution >= 0.6 is 0 Å². The molecule has 7 nitrogen and oxygen atoms in total. The summed E-state index contributed by atoms with van der Waals surface area (Å²) in [5, 5.41) is 3.62. The van der Waals surface area contributed by atoms with Crippen LogP contribution in [0.4, 0.5) is 0 Å². The highest BCUT2D eigenvalue weighted by Gasteiger charge is 2.28. The van der Waals surface area contributed by atoms with Crippen LogP contribution < -0.4 is 0 Å². The van der Waals surface area contributed by atoms with Crippen molar-refractivity contribution in [2.75, 3.05) is 13.1 Å². The van der Waals surface area contributed by atoms with E-state index in [1.807, 2.05) is 0 Å². The van der Waals surface area contributed by atoms with Gasteiger partial charge < -0.3 is 0 Å². The zero-order valence-corrected chi connectivity index (χ0v) is 10.5. The second kappa shape index (κ2) is 5.34. The first-order valence-corrected chi connectivity index (χ1v) is 7.03. The van der Waals surface area contributed by atoms with Crippen molar-refractivity contribution in [1.29, 1.82) is 0 Å². The lowest BCUT2D eigenvalue weighted by Gasteiger charge is -2.28. The summed E-state index contributed by atoms with van der Waals surface area (Å²) in [4.78, 5) is 6.77. The van der Waals surface area contributed by atoms with Gasteiger partial charge in [-0.1, -0.05) is 5.11 Å². The van der Waals surface area contributed by atoms with E-state index in [1.165, 1.54) is 22.8 Å². The van der Waals surface area contributed by atoms with E-state index in [0.29, 0.717) is 25.9 Å². The fourth-order valence-corrected chi connectivity index (χ4v) is 3.35. The van der Waals surface area contributed by atoms with Gasteiger partial charge in [-0.15, -0.1) is 0 Å². The van der Waals surface area contributed by atoms with E-state index in [1.54, 1.807) is 6.07 Å².